The van der Waals surface area contributed by atoms with Crippen LogP contribution in [0.15, 0.2) is 12.1 Å². The van der Waals surface area contributed by atoms with Crippen molar-refractivity contribution >= 4 is 48.0 Å². The van der Waals surface area contributed by atoms with Gasteiger partial charge in [-0.25, -0.2) is 0 Å². The van der Waals surface area contributed by atoms with E-state index in [4.69, 9.17) is 22.1 Å². The second kappa shape index (κ2) is 10.5. The zero-order chi connectivity index (χ0) is 17.1. The Bertz CT molecular complexity index is 602. The summed E-state index contributed by atoms with van der Waals surface area (Å²) >= 11 is 6.05. The summed E-state index contributed by atoms with van der Waals surface area (Å²) in [7, 11) is 1.53. The number of nitrogens with zero attached hydrogens (tertiary/aromatic N) is 1. The number of likely N-dealkylation sites (tertiary alicyclic amines) is 1. The van der Waals surface area contributed by atoms with Gasteiger partial charge in [-0.3, -0.25) is 4.79 Å². The summed E-state index contributed by atoms with van der Waals surface area (Å²) in [5, 5.41) is 3.49. The van der Waals surface area contributed by atoms with Gasteiger partial charge in [0.25, 0.3) is 5.91 Å². The van der Waals surface area contributed by atoms with E-state index in [1.807, 2.05) is 0 Å². The summed E-state index contributed by atoms with van der Waals surface area (Å²) in [5.41, 5.74) is 6.63. The van der Waals surface area contributed by atoms with E-state index in [9.17, 15) is 4.79 Å². The van der Waals surface area contributed by atoms with E-state index in [-0.39, 0.29) is 36.8 Å². The number of halogens is 3. The number of nitrogens with two attached hydrogens (primary N) is 1. The molecule has 2 fully saturated rings. The Hall–Kier alpha value is -0.880. The molecule has 26 heavy (non-hydrogen) atoms. The minimum Gasteiger partial charge on any atom is -0.496 e. The van der Waals surface area contributed by atoms with Gasteiger partial charge in [0.15, 0.2) is 0 Å². The highest BCUT2D eigenvalue weighted by atomic mass is 35.5. The number of ether oxygens (including phenoxy) is 1. The van der Waals surface area contributed by atoms with Crippen molar-refractivity contribution in [3.8, 4) is 5.75 Å². The lowest BCUT2D eigenvalue weighted by molar-refractivity contribution is 0.0889. The Morgan fingerprint density at radius 3 is 2.38 bits per heavy atom. The SMILES string of the molecule is COc1cc(N)c(Cl)cc1C(=O)NC1CCN(C2CCCC2)CC1.Cl.Cl. The lowest BCUT2D eigenvalue weighted by Gasteiger charge is -2.36. The average molecular weight is 425 g/mol. The smallest absolute Gasteiger partial charge is 0.255 e. The number of hydrogen-bond donors (Lipinski definition) is 2. The van der Waals surface area contributed by atoms with Crippen molar-refractivity contribution in [3.05, 3.63) is 22.7 Å². The first-order chi connectivity index (χ1) is 11.6. The van der Waals surface area contributed by atoms with Gasteiger partial charge in [0.1, 0.15) is 5.75 Å². The molecular weight excluding hydrogens is 397 g/mol. The Morgan fingerprint density at radius 1 is 1.19 bits per heavy atom. The molecule has 148 valence electrons. The van der Waals surface area contributed by atoms with Crippen molar-refractivity contribution in [1.82, 2.24) is 10.2 Å². The topological polar surface area (TPSA) is 67.6 Å². The number of hydrogen-bond acceptors (Lipinski definition) is 4. The molecule has 0 spiro atoms. The van der Waals surface area contributed by atoms with Crippen LogP contribution in [-0.4, -0.2) is 43.1 Å². The Labute approximate surface area is 172 Å². The predicted octanol–water partition coefficient (Wildman–Crippen LogP) is 3.91. The van der Waals surface area contributed by atoms with E-state index in [1.54, 1.807) is 12.1 Å². The molecule has 1 aromatic rings. The molecule has 1 amide bonds. The van der Waals surface area contributed by atoms with Crippen molar-refractivity contribution in [2.75, 3.05) is 25.9 Å². The van der Waals surface area contributed by atoms with Crippen LogP contribution in [0.25, 0.3) is 0 Å². The first-order valence-electron chi connectivity index (χ1n) is 8.76. The van der Waals surface area contributed by atoms with Gasteiger partial charge in [0.2, 0.25) is 0 Å². The third kappa shape index (κ3) is 5.32. The molecule has 0 aromatic heterocycles. The highest BCUT2D eigenvalue weighted by Crippen LogP contribution is 2.29. The maximum absolute atomic E-state index is 12.6. The number of carbonyl (C=O) groups is 1. The van der Waals surface area contributed by atoms with Crippen LogP contribution in [0.1, 0.15) is 48.9 Å². The molecule has 3 rings (SSSR count). The van der Waals surface area contributed by atoms with Crippen molar-refractivity contribution in [1.29, 1.82) is 0 Å². The lowest BCUT2D eigenvalue weighted by atomic mass is 10.0. The summed E-state index contributed by atoms with van der Waals surface area (Å²) in [6.07, 6.45) is 7.37. The number of amides is 1. The Kier molecular flexibility index (Phi) is 9.31. The summed E-state index contributed by atoms with van der Waals surface area (Å²) in [4.78, 5) is 15.2. The van der Waals surface area contributed by atoms with Crippen LogP contribution in [0.2, 0.25) is 5.02 Å². The molecular formula is C18H28Cl3N3O2. The van der Waals surface area contributed by atoms with E-state index in [2.05, 4.69) is 10.2 Å². The van der Waals surface area contributed by atoms with E-state index in [0.717, 1.165) is 32.0 Å². The maximum Gasteiger partial charge on any atom is 0.255 e. The average Bonchev–Trinajstić information content (AvgIpc) is 3.12. The van der Waals surface area contributed by atoms with Gasteiger partial charge < -0.3 is 20.7 Å². The standard InChI is InChI=1S/C18H26ClN3O2.2ClH/c1-24-17-11-16(20)15(19)10-14(17)18(23)21-12-6-8-22(9-7-12)13-4-2-3-5-13;;/h10-13H,2-9,20H2,1H3,(H,21,23);2*1H. The van der Waals surface area contributed by atoms with Crippen LogP contribution >= 0.6 is 36.4 Å². The normalized spacial score (nSPS) is 18.7. The lowest BCUT2D eigenvalue weighted by Crippen LogP contribution is -2.47. The minimum absolute atomic E-state index is 0. The number of carbonyl (C=O) groups excluding carboxylic acids is 1. The quantitative estimate of drug-likeness (QED) is 0.719. The fourth-order valence-electron chi connectivity index (χ4n) is 3.86. The fourth-order valence-corrected chi connectivity index (χ4v) is 4.02. The van der Waals surface area contributed by atoms with Crippen molar-refractivity contribution < 1.29 is 9.53 Å². The summed E-state index contributed by atoms with van der Waals surface area (Å²) < 4.78 is 5.27. The summed E-state index contributed by atoms with van der Waals surface area (Å²) in [6.45, 7) is 2.13. The zero-order valence-corrected chi connectivity index (χ0v) is 17.4. The summed E-state index contributed by atoms with van der Waals surface area (Å²) in [5.74, 6) is 0.311. The molecule has 1 aromatic carbocycles. The molecule has 1 saturated carbocycles. The molecule has 0 atom stereocenters. The Balaban J connectivity index is 0.00000169. The third-order valence-corrected chi connectivity index (χ3v) is 5.60. The van der Waals surface area contributed by atoms with E-state index in [0.29, 0.717) is 22.0 Å². The zero-order valence-electron chi connectivity index (χ0n) is 15.0. The number of methoxy groups -OCH3 is 1. The van der Waals surface area contributed by atoms with Crippen LogP contribution < -0.4 is 15.8 Å². The number of anilines is 1. The van der Waals surface area contributed by atoms with Crippen LogP contribution in [0, 0.1) is 0 Å². The molecule has 0 unspecified atom stereocenters. The molecule has 0 bridgehead atoms. The van der Waals surface area contributed by atoms with E-state index >= 15 is 0 Å². The first kappa shape index (κ1) is 23.2. The van der Waals surface area contributed by atoms with E-state index in [1.165, 1.54) is 32.8 Å². The molecule has 0 radical (unpaired) electrons. The number of nitrogens with one attached hydrogen (secondary N) is 1. The van der Waals surface area contributed by atoms with Crippen LogP contribution in [0.5, 0.6) is 5.75 Å². The predicted molar refractivity (Wildman–Crippen MR) is 111 cm³/mol. The van der Waals surface area contributed by atoms with Crippen molar-refractivity contribution in [2.45, 2.75) is 50.6 Å². The van der Waals surface area contributed by atoms with Gasteiger partial charge >= 0.3 is 0 Å². The van der Waals surface area contributed by atoms with Gasteiger partial charge in [-0.1, -0.05) is 24.4 Å². The fraction of sp³-hybridized carbons (Fsp3) is 0.611. The number of nitrogen functional groups attached to an aromatic ring is 1. The number of piperidine rings is 1. The molecule has 1 saturated heterocycles. The van der Waals surface area contributed by atoms with Gasteiger partial charge in [-0.2, -0.15) is 0 Å². The largest absolute Gasteiger partial charge is 0.496 e. The first-order valence-corrected chi connectivity index (χ1v) is 9.14. The van der Waals surface area contributed by atoms with Gasteiger partial charge in [0.05, 0.1) is 23.4 Å². The monoisotopic (exact) mass is 423 g/mol. The number of benzene rings is 1. The molecule has 5 nitrogen and oxygen atoms in total. The number of rotatable bonds is 4. The molecule has 3 N–H and O–H groups in total. The van der Waals surface area contributed by atoms with Crippen LogP contribution in [-0.2, 0) is 0 Å². The van der Waals surface area contributed by atoms with E-state index < -0.39 is 0 Å². The van der Waals surface area contributed by atoms with Crippen molar-refractivity contribution in [3.63, 3.8) is 0 Å². The van der Waals surface area contributed by atoms with Crippen LogP contribution in [0.4, 0.5) is 5.69 Å². The van der Waals surface area contributed by atoms with Crippen LogP contribution in [0.3, 0.4) is 0 Å². The highest BCUT2D eigenvalue weighted by molar-refractivity contribution is 6.33. The highest BCUT2D eigenvalue weighted by Gasteiger charge is 2.28. The van der Waals surface area contributed by atoms with Gasteiger partial charge in [-0.05, 0) is 31.7 Å². The third-order valence-electron chi connectivity index (χ3n) is 5.27. The molecule has 2 aliphatic rings. The minimum atomic E-state index is -0.145. The second-order valence-corrected chi connectivity index (χ2v) is 7.20. The molecule has 8 heteroatoms. The molecule has 1 heterocycles. The Morgan fingerprint density at radius 2 is 1.81 bits per heavy atom. The second-order valence-electron chi connectivity index (χ2n) is 6.80. The van der Waals surface area contributed by atoms with Gasteiger partial charge in [-0.15, -0.1) is 24.8 Å². The summed E-state index contributed by atoms with van der Waals surface area (Å²) in [6, 6.07) is 4.15. The van der Waals surface area contributed by atoms with Gasteiger partial charge in [0, 0.05) is 31.2 Å². The van der Waals surface area contributed by atoms with Crippen molar-refractivity contribution in [2.24, 2.45) is 0 Å². The molecule has 1 aliphatic carbocycles. The molecule has 1 aliphatic heterocycles. The maximum atomic E-state index is 12.6.